The number of methoxy groups -OCH3 is 1. The molecule has 29 heavy (non-hydrogen) atoms. The molecule has 0 aliphatic rings. The van der Waals surface area contributed by atoms with Gasteiger partial charge in [0.05, 0.1) is 37.7 Å². The maximum atomic E-state index is 14.4. The summed E-state index contributed by atoms with van der Waals surface area (Å²) in [4.78, 5) is 17.3. The third kappa shape index (κ3) is 6.56. The number of carbonyl (C=O) groups excluding carboxylic acids is 1. The van der Waals surface area contributed by atoms with E-state index >= 15 is 0 Å². The Kier molecular flexibility index (Phi) is 9.14. The molecule has 0 bridgehead atoms. The molecule has 0 heterocycles. The highest BCUT2D eigenvalue weighted by atomic mass is 127. The number of aryl methyl sites for hydroxylation is 1. The lowest BCUT2D eigenvalue weighted by Gasteiger charge is -2.16. The highest BCUT2D eigenvalue weighted by Crippen LogP contribution is 2.30. The molecule has 0 aliphatic carbocycles. The number of rotatable bonds is 10. The molecule has 0 radical (unpaired) electrons. The molecule has 158 valence electrons. The van der Waals surface area contributed by atoms with Crippen LogP contribution in [-0.4, -0.2) is 39.4 Å². The second-order valence-corrected chi connectivity index (χ2v) is 7.12. The molecule has 1 amide bonds. The Balaban J connectivity index is 2.15. The van der Waals surface area contributed by atoms with E-state index in [0.29, 0.717) is 25.0 Å². The minimum Gasteiger partial charge on any atom is -0.382 e. The molecule has 2 rings (SSSR count). The van der Waals surface area contributed by atoms with Crippen LogP contribution >= 0.6 is 22.6 Å². The first-order chi connectivity index (χ1) is 13.8. The van der Waals surface area contributed by atoms with Crippen LogP contribution in [0.25, 0.3) is 0 Å². The summed E-state index contributed by atoms with van der Waals surface area (Å²) in [7, 11) is 1.53. The van der Waals surface area contributed by atoms with Crippen molar-refractivity contribution in [2.75, 3.05) is 38.9 Å². The average Bonchev–Trinajstić information content (AvgIpc) is 2.69. The van der Waals surface area contributed by atoms with Crippen molar-refractivity contribution < 1.29 is 32.3 Å². The Morgan fingerprint density at radius 1 is 1.07 bits per heavy atom. The lowest BCUT2D eigenvalue weighted by atomic mass is 10.1. The van der Waals surface area contributed by atoms with Crippen LogP contribution in [0.3, 0.4) is 0 Å². The van der Waals surface area contributed by atoms with E-state index < -0.39 is 34.6 Å². The number of nitrogens with one attached hydrogen (secondary N) is 2. The van der Waals surface area contributed by atoms with Gasteiger partial charge in [0.25, 0.3) is 5.91 Å². The van der Waals surface area contributed by atoms with Gasteiger partial charge in [-0.1, -0.05) is 0 Å². The summed E-state index contributed by atoms with van der Waals surface area (Å²) in [6.07, 6.45) is 0. The predicted octanol–water partition coefficient (Wildman–Crippen LogP) is 4.08. The summed E-state index contributed by atoms with van der Waals surface area (Å²) in [6, 6.07) is 5.82. The molecule has 0 unspecified atom stereocenters. The lowest BCUT2D eigenvalue weighted by molar-refractivity contribution is -0.00938. The van der Waals surface area contributed by atoms with Crippen molar-refractivity contribution in [3.8, 4) is 0 Å². The number of hydrogen-bond acceptors (Lipinski definition) is 5. The van der Waals surface area contributed by atoms with Crippen LogP contribution in [0, 0.1) is 27.9 Å². The van der Waals surface area contributed by atoms with E-state index in [1.807, 2.05) is 6.07 Å². The van der Waals surface area contributed by atoms with Gasteiger partial charge in [-0.3, -0.25) is 9.63 Å². The first-order valence-electron chi connectivity index (χ1n) is 8.54. The summed E-state index contributed by atoms with van der Waals surface area (Å²) in [5, 5.41) is 2.67. The number of hydrogen-bond donors (Lipinski definition) is 2. The van der Waals surface area contributed by atoms with Crippen LogP contribution in [0.15, 0.2) is 24.3 Å². The summed E-state index contributed by atoms with van der Waals surface area (Å²) >= 11 is 2.11. The highest BCUT2D eigenvalue weighted by Gasteiger charge is 2.23. The monoisotopic (exact) mass is 524 g/mol. The Morgan fingerprint density at radius 2 is 1.79 bits per heavy atom. The van der Waals surface area contributed by atoms with E-state index in [9.17, 15) is 18.0 Å². The van der Waals surface area contributed by atoms with Gasteiger partial charge in [-0.25, -0.2) is 18.7 Å². The van der Waals surface area contributed by atoms with E-state index in [4.69, 9.17) is 14.3 Å². The molecule has 0 atom stereocenters. The smallest absolute Gasteiger partial charge is 0.277 e. The molecule has 6 nitrogen and oxygen atoms in total. The molecule has 0 spiro atoms. The number of carbonyl (C=O) groups is 1. The van der Waals surface area contributed by atoms with E-state index in [1.54, 1.807) is 19.1 Å². The Labute approximate surface area is 179 Å². The van der Waals surface area contributed by atoms with Gasteiger partial charge in [0, 0.05) is 16.4 Å². The summed E-state index contributed by atoms with van der Waals surface area (Å²) < 4.78 is 52.8. The van der Waals surface area contributed by atoms with Crippen molar-refractivity contribution in [3.05, 3.63) is 56.4 Å². The van der Waals surface area contributed by atoms with Crippen LogP contribution in [0.2, 0.25) is 0 Å². The highest BCUT2D eigenvalue weighted by molar-refractivity contribution is 14.1. The maximum absolute atomic E-state index is 14.4. The summed E-state index contributed by atoms with van der Waals surface area (Å²) in [5.41, 5.74) is 2.30. The fourth-order valence-electron chi connectivity index (χ4n) is 2.31. The zero-order valence-electron chi connectivity index (χ0n) is 15.8. The molecule has 2 N–H and O–H groups in total. The number of ether oxygens (including phenoxy) is 2. The zero-order valence-corrected chi connectivity index (χ0v) is 17.9. The quantitative estimate of drug-likeness (QED) is 0.212. The molecule has 0 saturated heterocycles. The molecule has 2 aromatic carbocycles. The molecule has 0 aromatic heterocycles. The summed E-state index contributed by atoms with van der Waals surface area (Å²) in [6.45, 7) is 2.69. The fraction of sp³-hybridized carbons (Fsp3) is 0.316. The third-order valence-corrected chi connectivity index (χ3v) is 4.45. The number of halogens is 4. The van der Waals surface area contributed by atoms with Gasteiger partial charge in [-0.2, -0.15) is 0 Å². The molecule has 0 saturated carbocycles. The molecule has 0 fully saturated rings. The van der Waals surface area contributed by atoms with Gasteiger partial charge in [0.15, 0.2) is 17.5 Å². The van der Waals surface area contributed by atoms with E-state index in [2.05, 4.69) is 33.4 Å². The van der Waals surface area contributed by atoms with Gasteiger partial charge in [0.1, 0.15) is 0 Å². The molecular weight excluding hydrogens is 504 g/mol. The standard InChI is InChI=1S/C19H20F3IN2O4/c1-11-9-12(23)3-4-15(11)24-18-13(10-14(20)16(21)17(18)22)19(26)25-29-8-7-28-6-5-27-2/h3-4,9-10,24H,5-8H2,1-2H3,(H,25,26). The first kappa shape index (κ1) is 23.4. The van der Waals surface area contributed by atoms with Gasteiger partial charge in [0.2, 0.25) is 0 Å². The van der Waals surface area contributed by atoms with Crippen LogP contribution in [-0.2, 0) is 14.3 Å². The normalized spacial score (nSPS) is 10.8. The molecular formula is C19H20F3IN2O4. The van der Waals surface area contributed by atoms with E-state index in [-0.39, 0.29) is 13.2 Å². The maximum Gasteiger partial charge on any atom is 0.277 e. The van der Waals surface area contributed by atoms with Crippen LogP contribution in [0.1, 0.15) is 15.9 Å². The van der Waals surface area contributed by atoms with Gasteiger partial charge >= 0.3 is 0 Å². The zero-order chi connectivity index (χ0) is 21.4. The van der Waals surface area contributed by atoms with Crippen molar-refractivity contribution in [2.45, 2.75) is 6.92 Å². The fourth-order valence-corrected chi connectivity index (χ4v) is 2.96. The van der Waals surface area contributed by atoms with Crippen LogP contribution in [0.4, 0.5) is 24.5 Å². The minimum absolute atomic E-state index is 0.000601. The Bertz CT molecular complexity index is 868. The second kappa shape index (κ2) is 11.3. The van der Waals surface area contributed by atoms with Crippen LogP contribution in [0.5, 0.6) is 0 Å². The minimum atomic E-state index is -1.68. The van der Waals surface area contributed by atoms with Crippen molar-refractivity contribution in [1.29, 1.82) is 0 Å². The van der Waals surface area contributed by atoms with Crippen molar-refractivity contribution in [2.24, 2.45) is 0 Å². The van der Waals surface area contributed by atoms with Crippen LogP contribution < -0.4 is 10.8 Å². The first-order valence-corrected chi connectivity index (χ1v) is 9.62. The average molecular weight is 524 g/mol. The SMILES string of the molecule is COCCOCCONC(=O)c1cc(F)c(F)c(F)c1Nc1ccc(I)cc1C. The molecule has 10 heteroatoms. The third-order valence-electron chi connectivity index (χ3n) is 3.78. The van der Waals surface area contributed by atoms with E-state index in [1.165, 1.54) is 7.11 Å². The largest absolute Gasteiger partial charge is 0.382 e. The van der Waals surface area contributed by atoms with Crippen molar-refractivity contribution in [1.82, 2.24) is 5.48 Å². The lowest BCUT2D eigenvalue weighted by Crippen LogP contribution is -2.27. The second-order valence-electron chi connectivity index (χ2n) is 5.88. The predicted molar refractivity (Wildman–Crippen MR) is 110 cm³/mol. The number of amides is 1. The number of anilines is 2. The molecule has 0 aliphatic heterocycles. The summed E-state index contributed by atoms with van der Waals surface area (Å²) in [5.74, 6) is -5.61. The Hall–Kier alpha value is -1.89. The van der Waals surface area contributed by atoms with Crippen molar-refractivity contribution >= 4 is 39.9 Å². The number of hydroxylamine groups is 1. The molecule has 2 aromatic rings. The number of benzene rings is 2. The topological polar surface area (TPSA) is 68.8 Å². The Morgan fingerprint density at radius 3 is 2.48 bits per heavy atom. The van der Waals surface area contributed by atoms with Gasteiger partial charge < -0.3 is 14.8 Å². The van der Waals surface area contributed by atoms with Crippen molar-refractivity contribution in [3.63, 3.8) is 0 Å². The van der Waals surface area contributed by atoms with E-state index in [0.717, 1.165) is 9.13 Å². The van der Waals surface area contributed by atoms with Gasteiger partial charge in [-0.15, -0.1) is 0 Å². The van der Waals surface area contributed by atoms with Gasteiger partial charge in [-0.05, 0) is 59.3 Å².